The first kappa shape index (κ1) is 12.8. The molecule has 0 saturated carbocycles. The van der Waals surface area contributed by atoms with Gasteiger partial charge in [0.05, 0.1) is 0 Å². The maximum Gasteiger partial charge on any atom is 0.222 e. The van der Waals surface area contributed by atoms with Crippen molar-refractivity contribution < 1.29 is 4.79 Å². The second-order valence-corrected chi connectivity index (χ2v) is 4.97. The normalized spacial score (nSPS) is 15.1. The summed E-state index contributed by atoms with van der Waals surface area (Å²) in [4.78, 5) is 28.4. The first-order chi connectivity index (χ1) is 9.74. The van der Waals surface area contributed by atoms with E-state index < -0.39 is 0 Å². The summed E-state index contributed by atoms with van der Waals surface area (Å²) in [5.74, 6) is 1.11. The number of carbonyl (C=O) groups excluding carboxylic acids is 1. The fourth-order valence-electron chi connectivity index (χ4n) is 2.38. The van der Waals surface area contributed by atoms with E-state index in [1.165, 1.54) is 0 Å². The van der Waals surface area contributed by atoms with Crippen molar-refractivity contribution in [2.75, 3.05) is 31.6 Å². The lowest BCUT2D eigenvalue weighted by atomic mass is 10.3. The predicted octanol–water partition coefficient (Wildman–Crippen LogP) is 1.08. The summed E-state index contributed by atoms with van der Waals surface area (Å²) in [5, 5.41) is 0. The Morgan fingerprint density at radius 2 is 2.15 bits per heavy atom. The number of nitrogens with zero attached hydrogens (tertiary/aromatic N) is 5. The highest BCUT2D eigenvalue weighted by atomic mass is 16.2. The van der Waals surface area contributed by atoms with Gasteiger partial charge in [-0.05, 0) is 18.6 Å². The first-order valence-corrected chi connectivity index (χ1v) is 6.81. The Kier molecular flexibility index (Phi) is 3.45. The molecule has 2 aromatic heterocycles. The van der Waals surface area contributed by atoms with Crippen LogP contribution in [0.25, 0.3) is 11.2 Å². The van der Waals surface area contributed by atoms with Crippen LogP contribution >= 0.6 is 0 Å². The van der Waals surface area contributed by atoms with Crippen molar-refractivity contribution in [1.82, 2.24) is 19.9 Å². The smallest absolute Gasteiger partial charge is 0.222 e. The topological polar surface area (TPSA) is 62.2 Å². The van der Waals surface area contributed by atoms with E-state index in [4.69, 9.17) is 0 Å². The molecule has 2 aromatic rings. The third kappa shape index (κ3) is 2.54. The molecule has 1 saturated heterocycles. The number of likely N-dealkylation sites (tertiary alicyclic amines) is 1. The van der Waals surface area contributed by atoms with Crippen molar-refractivity contribution >= 4 is 22.9 Å². The van der Waals surface area contributed by atoms with Crippen LogP contribution in [0.2, 0.25) is 0 Å². The molecule has 104 valence electrons. The molecular formula is C14H17N5O. The van der Waals surface area contributed by atoms with E-state index in [1.54, 1.807) is 12.4 Å². The van der Waals surface area contributed by atoms with Crippen LogP contribution in [0.4, 0.5) is 5.82 Å². The summed E-state index contributed by atoms with van der Waals surface area (Å²) in [6.07, 6.45) is 4.97. The number of hydrogen-bond donors (Lipinski definition) is 0. The second kappa shape index (κ2) is 5.40. The van der Waals surface area contributed by atoms with Gasteiger partial charge in [-0.15, -0.1) is 0 Å². The summed E-state index contributed by atoms with van der Waals surface area (Å²) < 4.78 is 0. The molecule has 6 heteroatoms. The van der Waals surface area contributed by atoms with Gasteiger partial charge in [-0.2, -0.15) is 0 Å². The van der Waals surface area contributed by atoms with Crippen molar-refractivity contribution in [2.45, 2.75) is 12.8 Å². The van der Waals surface area contributed by atoms with E-state index in [0.717, 1.165) is 37.4 Å². The number of fused-ring (bicyclic) bond motifs is 1. The van der Waals surface area contributed by atoms with Gasteiger partial charge in [0.2, 0.25) is 5.91 Å². The Labute approximate surface area is 117 Å². The second-order valence-electron chi connectivity index (χ2n) is 4.97. The van der Waals surface area contributed by atoms with Gasteiger partial charge in [0.15, 0.2) is 5.65 Å². The van der Waals surface area contributed by atoms with Crippen LogP contribution in [0.15, 0.2) is 24.5 Å². The van der Waals surface area contributed by atoms with E-state index >= 15 is 0 Å². The van der Waals surface area contributed by atoms with E-state index in [9.17, 15) is 4.79 Å². The minimum atomic E-state index is 0.260. The largest absolute Gasteiger partial charge is 0.358 e. The van der Waals surface area contributed by atoms with Crippen LogP contribution in [0.1, 0.15) is 12.8 Å². The van der Waals surface area contributed by atoms with Crippen LogP contribution in [0, 0.1) is 0 Å². The van der Waals surface area contributed by atoms with Crippen LogP contribution in [0.5, 0.6) is 0 Å². The molecule has 0 aliphatic carbocycles. The maximum atomic E-state index is 11.6. The monoisotopic (exact) mass is 271 g/mol. The quantitative estimate of drug-likeness (QED) is 0.832. The van der Waals surface area contributed by atoms with E-state index in [1.807, 2.05) is 29.0 Å². The molecule has 3 rings (SSSR count). The summed E-state index contributed by atoms with van der Waals surface area (Å²) in [5.41, 5.74) is 1.44. The number of anilines is 1. The number of hydrogen-bond acceptors (Lipinski definition) is 5. The number of pyridine rings is 1. The van der Waals surface area contributed by atoms with E-state index in [2.05, 4.69) is 15.0 Å². The van der Waals surface area contributed by atoms with Crippen molar-refractivity contribution in [2.24, 2.45) is 0 Å². The predicted molar refractivity (Wildman–Crippen MR) is 76.4 cm³/mol. The van der Waals surface area contributed by atoms with Gasteiger partial charge >= 0.3 is 0 Å². The lowest BCUT2D eigenvalue weighted by molar-refractivity contribution is -0.127. The SMILES string of the molecule is CN(CCN1CCCC1=O)c1ccc2nccnc2n1. The standard InChI is InChI=1S/C14H17N5O/c1-18(9-10-19-8-2-3-13(19)20)12-5-4-11-14(17-12)16-7-6-15-11/h4-7H,2-3,8-10H2,1H3. The molecule has 1 aliphatic rings. The zero-order valence-corrected chi connectivity index (χ0v) is 11.5. The highest BCUT2D eigenvalue weighted by Gasteiger charge is 2.20. The number of aromatic nitrogens is 3. The van der Waals surface area contributed by atoms with E-state index in [-0.39, 0.29) is 5.91 Å². The van der Waals surface area contributed by atoms with Crippen LogP contribution < -0.4 is 4.90 Å². The van der Waals surface area contributed by atoms with E-state index in [0.29, 0.717) is 12.1 Å². The Balaban J connectivity index is 1.68. The fraction of sp³-hybridized carbons (Fsp3) is 0.429. The molecule has 0 spiro atoms. The summed E-state index contributed by atoms with van der Waals surface area (Å²) in [6.45, 7) is 2.39. The molecule has 1 aliphatic heterocycles. The maximum absolute atomic E-state index is 11.6. The zero-order valence-electron chi connectivity index (χ0n) is 11.5. The van der Waals surface area contributed by atoms with Crippen LogP contribution in [0.3, 0.4) is 0 Å². The summed E-state index contributed by atoms with van der Waals surface area (Å²) >= 11 is 0. The minimum absolute atomic E-state index is 0.260. The molecule has 0 radical (unpaired) electrons. The third-order valence-corrected chi connectivity index (χ3v) is 3.58. The van der Waals surface area contributed by atoms with Crippen LogP contribution in [-0.4, -0.2) is 52.4 Å². The number of likely N-dealkylation sites (N-methyl/N-ethyl adjacent to an activating group) is 1. The molecule has 1 amide bonds. The van der Waals surface area contributed by atoms with Crippen molar-refractivity contribution in [3.8, 4) is 0 Å². The summed E-state index contributed by atoms with van der Waals surface area (Å²) in [7, 11) is 1.98. The molecule has 0 N–H and O–H groups in total. The molecule has 0 bridgehead atoms. The lowest BCUT2D eigenvalue weighted by Gasteiger charge is -2.22. The minimum Gasteiger partial charge on any atom is -0.358 e. The molecule has 0 unspecified atom stereocenters. The number of amides is 1. The van der Waals surface area contributed by atoms with Gasteiger partial charge in [0, 0.05) is 45.5 Å². The third-order valence-electron chi connectivity index (χ3n) is 3.58. The van der Waals surface area contributed by atoms with Gasteiger partial charge < -0.3 is 9.80 Å². The Bertz CT molecular complexity index is 630. The lowest BCUT2D eigenvalue weighted by Crippen LogP contribution is -2.34. The molecule has 20 heavy (non-hydrogen) atoms. The summed E-state index contributed by atoms with van der Waals surface area (Å²) in [6, 6.07) is 3.85. The van der Waals surface area contributed by atoms with Crippen molar-refractivity contribution in [3.05, 3.63) is 24.5 Å². The van der Waals surface area contributed by atoms with Gasteiger partial charge in [-0.25, -0.2) is 9.97 Å². The van der Waals surface area contributed by atoms with Gasteiger partial charge in [-0.3, -0.25) is 9.78 Å². The Morgan fingerprint density at radius 3 is 2.95 bits per heavy atom. The molecular weight excluding hydrogens is 254 g/mol. The molecule has 6 nitrogen and oxygen atoms in total. The molecule has 1 fully saturated rings. The Morgan fingerprint density at radius 1 is 1.30 bits per heavy atom. The highest BCUT2D eigenvalue weighted by Crippen LogP contribution is 2.14. The zero-order chi connectivity index (χ0) is 13.9. The van der Waals surface area contributed by atoms with Gasteiger partial charge in [-0.1, -0.05) is 0 Å². The molecule has 3 heterocycles. The number of carbonyl (C=O) groups is 1. The van der Waals surface area contributed by atoms with Gasteiger partial charge in [0.1, 0.15) is 11.3 Å². The molecule has 0 atom stereocenters. The Hall–Kier alpha value is -2.24. The van der Waals surface area contributed by atoms with Crippen molar-refractivity contribution in [3.63, 3.8) is 0 Å². The van der Waals surface area contributed by atoms with Gasteiger partial charge in [0.25, 0.3) is 0 Å². The number of rotatable bonds is 4. The average Bonchev–Trinajstić information content (AvgIpc) is 2.89. The average molecular weight is 271 g/mol. The highest BCUT2D eigenvalue weighted by molar-refractivity contribution is 5.78. The fourth-order valence-corrected chi connectivity index (χ4v) is 2.38. The first-order valence-electron chi connectivity index (χ1n) is 6.81. The van der Waals surface area contributed by atoms with Crippen LogP contribution in [-0.2, 0) is 4.79 Å². The molecule has 0 aromatic carbocycles. The van der Waals surface area contributed by atoms with Crippen molar-refractivity contribution in [1.29, 1.82) is 0 Å².